The van der Waals surface area contributed by atoms with Gasteiger partial charge in [-0.25, -0.2) is 4.39 Å². The molecule has 0 saturated carbocycles. The number of nitrogens with one attached hydrogen (secondary N) is 1. The van der Waals surface area contributed by atoms with Crippen LogP contribution in [0.3, 0.4) is 0 Å². The van der Waals surface area contributed by atoms with Crippen molar-refractivity contribution in [3.05, 3.63) is 39.7 Å². The van der Waals surface area contributed by atoms with Crippen LogP contribution in [0.2, 0.25) is 0 Å². The van der Waals surface area contributed by atoms with Crippen molar-refractivity contribution in [2.75, 3.05) is 26.2 Å². The molecule has 1 aromatic carbocycles. The molecular weight excluding hydrogens is 309 g/mol. The van der Waals surface area contributed by atoms with Crippen LogP contribution >= 0.6 is 12.4 Å². The van der Waals surface area contributed by atoms with Gasteiger partial charge in [-0.3, -0.25) is 15.0 Å². The van der Waals surface area contributed by atoms with Crippen LogP contribution in [0.1, 0.15) is 24.8 Å². The van der Waals surface area contributed by atoms with E-state index < -0.39 is 10.7 Å². The first-order valence-corrected chi connectivity index (χ1v) is 7.44. The van der Waals surface area contributed by atoms with Gasteiger partial charge in [-0.15, -0.1) is 12.4 Å². The Morgan fingerprint density at radius 1 is 1.32 bits per heavy atom. The summed E-state index contributed by atoms with van der Waals surface area (Å²) < 4.78 is 14.0. The van der Waals surface area contributed by atoms with E-state index in [2.05, 4.69) is 10.2 Å². The summed E-state index contributed by atoms with van der Waals surface area (Å²) in [5, 5.41) is 14.0. The lowest BCUT2D eigenvalue weighted by Crippen LogP contribution is -2.38. The van der Waals surface area contributed by atoms with E-state index in [1.54, 1.807) is 6.07 Å². The number of nitro groups is 1. The lowest BCUT2D eigenvalue weighted by Gasteiger charge is -2.33. The van der Waals surface area contributed by atoms with Crippen molar-refractivity contribution in [3.63, 3.8) is 0 Å². The van der Waals surface area contributed by atoms with Gasteiger partial charge in [-0.2, -0.15) is 0 Å². The highest BCUT2D eigenvalue weighted by molar-refractivity contribution is 5.85. The average molecular weight is 330 g/mol. The minimum absolute atomic E-state index is 0. The molecule has 2 fully saturated rings. The summed E-state index contributed by atoms with van der Waals surface area (Å²) >= 11 is 0. The second-order valence-corrected chi connectivity index (χ2v) is 6.24. The molecule has 0 unspecified atom stereocenters. The summed E-state index contributed by atoms with van der Waals surface area (Å²) in [5.74, 6) is -0.476. The monoisotopic (exact) mass is 329 g/mol. The number of non-ortho nitro benzene ring substituents is 1. The first-order chi connectivity index (χ1) is 10.1. The number of halogens is 2. The van der Waals surface area contributed by atoms with E-state index >= 15 is 0 Å². The summed E-state index contributed by atoms with van der Waals surface area (Å²) in [4.78, 5) is 12.3. The minimum Gasteiger partial charge on any atom is -0.317 e. The van der Waals surface area contributed by atoms with Crippen molar-refractivity contribution in [3.8, 4) is 0 Å². The maximum absolute atomic E-state index is 14.0. The molecule has 0 bridgehead atoms. The van der Waals surface area contributed by atoms with Crippen molar-refractivity contribution in [2.24, 2.45) is 5.41 Å². The van der Waals surface area contributed by atoms with Crippen LogP contribution in [0.4, 0.5) is 10.1 Å². The van der Waals surface area contributed by atoms with Gasteiger partial charge in [0.1, 0.15) is 5.82 Å². The molecule has 2 saturated heterocycles. The van der Waals surface area contributed by atoms with E-state index in [0.717, 1.165) is 32.2 Å². The van der Waals surface area contributed by atoms with Crippen LogP contribution in [-0.4, -0.2) is 36.0 Å². The van der Waals surface area contributed by atoms with Gasteiger partial charge in [0, 0.05) is 24.7 Å². The smallest absolute Gasteiger partial charge is 0.272 e. The molecule has 0 amide bonds. The van der Waals surface area contributed by atoms with Gasteiger partial charge in [0.25, 0.3) is 5.69 Å². The number of hydrogen-bond acceptors (Lipinski definition) is 4. The molecule has 1 N–H and O–H groups in total. The molecule has 1 aromatic rings. The van der Waals surface area contributed by atoms with E-state index in [-0.39, 0.29) is 18.1 Å². The van der Waals surface area contributed by atoms with Crippen LogP contribution in [0, 0.1) is 21.3 Å². The van der Waals surface area contributed by atoms with Crippen LogP contribution in [0.25, 0.3) is 0 Å². The first-order valence-electron chi connectivity index (χ1n) is 7.44. The Morgan fingerprint density at radius 2 is 2.05 bits per heavy atom. The number of nitrogens with zero attached hydrogens (tertiary/aromatic N) is 2. The van der Waals surface area contributed by atoms with Crippen molar-refractivity contribution >= 4 is 18.1 Å². The lowest BCUT2D eigenvalue weighted by molar-refractivity contribution is -0.385. The van der Waals surface area contributed by atoms with Crippen molar-refractivity contribution < 1.29 is 9.31 Å². The van der Waals surface area contributed by atoms with E-state index in [9.17, 15) is 14.5 Å². The molecule has 1 spiro atoms. The zero-order valence-corrected chi connectivity index (χ0v) is 13.2. The van der Waals surface area contributed by atoms with E-state index in [0.29, 0.717) is 17.5 Å². The number of piperidine rings is 1. The molecule has 3 rings (SSSR count). The van der Waals surface area contributed by atoms with Gasteiger partial charge in [0.2, 0.25) is 0 Å². The molecule has 7 heteroatoms. The summed E-state index contributed by atoms with van der Waals surface area (Å²) in [6, 6.07) is 3.95. The maximum atomic E-state index is 14.0. The first kappa shape index (κ1) is 17.1. The highest BCUT2D eigenvalue weighted by Crippen LogP contribution is 2.39. The van der Waals surface area contributed by atoms with Crippen LogP contribution in [-0.2, 0) is 6.54 Å². The van der Waals surface area contributed by atoms with Crippen LogP contribution in [0.15, 0.2) is 18.2 Å². The van der Waals surface area contributed by atoms with Gasteiger partial charge in [-0.1, -0.05) is 0 Å². The lowest BCUT2D eigenvalue weighted by atomic mass is 9.78. The Hall–Kier alpha value is -1.24. The molecular formula is C15H21ClFN3O2. The third-order valence-electron chi connectivity index (χ3n) is 4.82. The Balaban J connectivity index is 0.00000176. The third kappa shape index (κ3) is 3.56. The topological polar surface area (TPSA) is 58.4 Å². The molecule has 122 valence electrons. The molecule has 0 aromatic heterocycles. The number of rotatable bonds is 3. The van der Waals surface area contributed by atoms with Gasteiger partial charge in [0.15, 0.2) is 0 Å². The standard InChI is InChI=1S/C15H20FN3O2.ClH/c16-14-9-13(19(20)21)2-1-12(14)10-18-8-5-15(11-18)3-6-17-7-4-15;/h1-2,9,17H,3-8,10-11H2;1H. The SMILES string of the molecule is Cl.O=[N+]([O-])c1ccc(CN2CCC3(CCNCC3)C2)c(F)c1. The fourth-order valence-electron chi connectivity index (χ4n) is 3.55. The second kappa shape index (κ2) is 6.89. The molecule has 22 heavy (non-hydrogen) atoms. The summed E-state index contributed by atoms with van der Waals surface area (Å²) in [6.07, 6.45) is 3.54. The Morgan fingerprint density at radius 3 is 2.68 bits per heavy atom. The molecule has 5 nitrogen and oxygen atoms in total. The second-order valence-electron chi connectivity index (χ2n) is 6.24. The van der Waals surface area contributed by atoms with Crippen LogP contribution in [0.5, 0.6) is 0 Å². The highest BCUT2D eigenvalue weighted by atomic mass is 35.5. The molecule has 0 atom stereocenters. The van der Waals surface area contributed by atoms with Crippen LogP contribution < -0.4 is 5.32 Å². The molecule has 2 aliphatic heterocycles. The number of nitro benzene ring substituents is 1. The Labute approximate surface area is 135 Å². The van der Waals surface area contributed by atoms with Gasteiger partial charge >= 0.3 is 0 Å². The van der Waals surface area contributed by atoms with E-state index in [4.69, 9.17) is 0 Å². The summed E-state index contributed by atoms with van der Waals surface area (Å²) in [5.41, 5.74) is 0.752. The highest BCUT2D eigenvalue weighted by Gasteiger charge is 2.38. The number of benzene rings is 1. The number of hydrogen-bond donors (Lipinski definition) is 1. The molecule has 2 aliphatic rings. The Kier molecular flexibility index (Phi) is 5.36. The zero-order valence-electron chi connectivity index (χ0n) is 12.4. The van der Waals surface area contributed by atoms with Gasteiger partial charge in [0.05, 0.1) is 11.0 Å². The fraction of sp³-hybridized carbons (Fsp3) is 0.600. The largest absolute Gasteiger partial charge is 0.317 e. The van der Waals surface area contributed by atoms with Crippen molar-refractivity contribution in [1.82, 2.24) is 10.2 Å². The Bertz CT molecular complexity index is 550. The summed E-state index contributed by atoms with van der Waals surface area (Å²) in [6.45, 7) is 4.67. The van der Waals surface area contributed by atoms with E-state index in [1.807, 2.05) is 0 Å². The predicted octanol–water partition coefficient (Wildman–Crippen LogP) is 2.73. The van der Waals surface area contributed by atoms with Gasteiger partial charge in [-0.05, 0) is 50.4 Å². The van der Waals surface area contributed by atoms with E-state index in [1.165, 1.54) is 25.3 Å². The fourth-order valence-corrected chi connectivity index (χ4v) is 3.55. The molecule has 2 heterocycles. The maximum Gasteiger partial charge on any atom is 0.272 e. The molecule has 0 aliphatic carbocycles. The summed E-state index contributed by atoms with van der Waals surface area (Å²) in [7, 11) is 0. The third-order valence-corrected chi connectivity index (χ3v) is 4.82. The molecule has 0 radical (unpaired) electrons. The van der Waals surface area contributed by atoms with Crippen molar-refractivity contribution in [1.29, 1.82) is 0 Å². The number of likely N-dealkylation sites (tertiary alicyclic amines) is 1. The van der Waals surface area contributed by atoms with Crippen molar-refractivity contribution in [2.45, 2.75) is 25.8 Å². The van der Waals surface area contributed by atoms with Gasteiger partial charge < -0.3 is 5.32 Å². The predicted molar refractivity (Wildman–Crippen MR) is 84.7 cm³/mol. The minimum atomic E-state index is -0.563. The normalized spacial score (nSPS) is 20.8. The zero-order chi connectivity index (χ0) is 14.9. The quantitative estimate of drug-likeness (QED) is 0.684. The average Bonchev–Trinajstić information content (AvgIpc) is 2.84.